The molecule has 3 rings (SSSR count). The molecule has 1 heterocycles. The highest BCUT2D eigenvalue weighted by Crippen LogP contribution is 2.31. The predicted octanol–water partition coefficient (Wildman–Crippen LogP) is 3.51. The molecule has 22 heavy (non-hydrogen) atoms. The van der Waals surface area contributed by atoms with Gasteiger partial charge in [0, 0.05) is 17.0 Å². The number of carboxylic acids is 1. The summed E-state index contributed by atoms with van der Waals surface area (Å²) in [7, 11) is 0. The molecular formula is C17H17NO3S. The third kappa shape index (κ3) is 3.36. The number of fused-ring (bicyclic) bond motifs is 1. The Morgan fingerprint density at radius 1 is 1.23 bits per heavy atom. The number of carbonyl (C=O) groups excluding carboxylic acids is 1. The van der Waals surface area contributed by atoms with Crippen molar-refractivity contribution in [2.75, 3.05) is 5.32 Å². The van der Waals surface area contributed by atoms with E-state index in [-0.39, 0.29) is 12.3 Å². The van der Waals surface area contributed by atoms with Crippen LogP contribution in [0.1, 0.15) is 38.5 Å². The lowest BCUT2D eigenvalue weighted by atomic mass is 10.1. The van der Waals surface area contributed by atoms with E-state index in [1.54, 1.807) is 11.3 Å². The van der Waals surface area contributed by atoms with Gasteiger partial charge in [-0.3, -0.25) is 9.59 Å². The minimum atomic E-state index is -0.817. The summed E-state index contributed by atoms with van der Waals surface area (Å²) in [5.74, 6) is -0.905. The van der Waals surface area contributed by atoms with Crippen LogP contribution in [0.2, 0.25) is 0 Å². The molecule has 114 valence electrons. The molecule has 4 nitrogen and oxygen atoms in total. The molecule has 0 fully saturated rings. The molecule has 1 aromatic heterocycles. The molecule has 0 spiro atoms. The molecule has 5 heteroatoms. The van der Waals surface area contributed by atoms with Crippen LogP contribution in [0.25, 0.3) is 0 Å². The number of nitrogens with one attached hydrogen (secondary N) is 1. The van der Waals surface area contributed by atoms with Gasteiger partial charge >= 0.3 is 5.97 Å². The van der Waals surface area contributed by atoms with Crippen molar-refractivity contribution in [3.8, 4) is 0 Å². The summed E-state index contributed by atoms with van der Waals surface area (Å²) in [5, 5.41) is 11.6. The molecule has 1 amide bonds. The topological polar surface area (TPSA) is 66.4 Å². The molecular weight excluding hydrogens is 298 g/mol. The van der Waals surface area contributed by atoms with Crippen LogP contribution in [0.3, 0.4) is 0 Å². The fourth-order valence-corrected chi connectivity index (χ4v) is 3.84. The molecule has 1 aliphatic carbocycles. The van der Waals surface area contributed by atoms with Gasteiger partial charge in [0.25, 0.3) is 5.91 Å². The van der Waals surface area contributed by atoms with E-state index in [0.29, 0.717) is 12.1 Å². The Kier molecular flexibility index (Phi) is 4.24. The van der Waals surface area contributed by atoms with Crippen LogP contribution in [-0.4, -0.2) is 17.0 Å². The minimum absolute atomic E-state index is 0.0882. The van der Waals surface area contributed by atoms with Crippen molar-refractivity contribution in [3.05, 3.63) is 51.2 Å². The number of carboxylic acid groups (broad SMARTS) is 1. The van der Waals surface area contributed by atoms with E-state index in [4.69, 9.17) is 5.11 Å². The molecule has 2 N–H and O–H groups in total. The second-order valence-corrected chi connectivity index (χ2v) is 6.60. The number of aryl methyl sites for hydroxylation is 3. The molecule has 0 aliphatic heterocycles. The smallest absolute Gasteiger partial charge is 0.303 e. The number of anilines is 1. The highest BCUT2D eigenvalue weighted by molar-refractivity contribution is 7.14. The number of benzene rings is 1. The molecule has 1 aliphatic rings. The average Bonchev–Trinajstić information content (AvgIpc) is 3.06. The van der Waals surface area contributed by atoms with Crippen molar-refractivity contribution < 1.29 is 14.7 Å². The van der Waals surface area contributed by atoms with E-state index < -0.39 is 5.97 Å². The average molecular weight is 315 g/mol. The summed E-state index contributed by atoms with van der Waals surface area (Å²) in [5.41, 5.74) is 2.93. The largest absolute Gasteiger partial charge is 0.481 e. The van der Waals surface area contributed by atoms with Crippen molar-refractivity contribution in [3.63, 3.8) is 0 Å². The van der Waals surface area contributed by atoms with Gasteiger partial charge in [0.1, 0.15) is 0 Å². The molecule has 0 atom stereocenters. The van der Waals surface area contributed by atoms with Gasteiger partial charge in [-0.1, -0.05) is 12.1 Å². The van der Waals surface area contributed by atoms with Crippen LogP contribution in [-0.2, 0) is 24.1 Å². The van der Waals surface area contributed by atoms with Gasteiger partial charge in [0.15, 0.2) is 0 Å². The fraction of sp³-hybridized carbons (Fsp3) is 0.294. The zero-order chi connectivity index (χ0) is 15.5. The summed E-state index contributed by atoms with van der Waals surface area (Å²) in [6.07, 6.45) is 3.90. The molecule has 0 saturated carbocycles. The zero-order valence-electron chi connectivity index (χ0n) is 12.1. The van der Waals surface area contributed by atoms with Crippen LogP contribution in [0, 0.1) is 0 Å². The lowest BCUT2D eigenvalue weighted by molar-refractivity contribution is -0.136. The summed E-state index contributed by atoms with van der Waals surface area (Å²) >= 11 is 1.58. The molecule has 1 aromatic carbocycles. The maximum absolute atomic E-state index is 12.3. The maximum atomic E-state index is 12.3. The monoisotopic (exact) mass is 315 g/mol. The minimum Gasteiger partial charge on any atom is -0.481 e. The van der Waals surface area contributed by atoms with Crippen LogP contribution in [0.4, 0.5) is 5.69 Å². The second kappa shape index (κ2) is 6.32. The van der Waals surface area contributed by atoms with Gasteiger partial charge in [-0.05, 0) is 55.0 Å². The van der Waals surface area contributed by atoms with Gasteiger partial charge < -0.3 is 10.4 Å². The third-order valence-corrected chi connectivity index (χ3v) is 5.02. The lowest BCUT2D eigenvalue weighted by Crippen LogP contribution is -2.10. The summed E-state index contributed by atoms with van der Waals surface area (Å²) in [6, 6.07) is 9.36. The Morgan fingerprint density at radius 2 is 2.09 bits per heavy atom. The third-order valence-electron chi connectivity index (χ3n) is 3.78. The van der Waals surface area contributed by atoms with Gasteiger partial charge in [0.2, 0.25) is 0 Å². The number of rotatable bonds is 5. The van der Waals surface area contributed by atoms with Gasteiger partial charge in [-0.2, -0.15) is 0 Å². The number of hydrogen-bond acceptors (Lipinski definition) is 3. The van der Waals surface area contributed by atoms with Crippen LogP contribution in [0.5, 0.6) is 0 Å². The molecule has 0 radical (unpaired) electrons. The van der Waals surface area contributed by atoms with E-state index >= 15 is 0 Å². The first-order valence-corrected chi connectivity index (χ1v) is 8.17. The molecule has 0 unspecified atom stereocenters. The number of amides is 1. The number of hydrogen-bond donors (Lipinski definition) is 2. The summed E-state index contributed by atoms with van der Waals surface area (Å²) in [4.78, 5) is 25.0. The first-order chi connectivity index (χ1) is 10.6. The SMILES string of the molecule is O=C(O)CCc1cccc(NC(=O)c2cc3c(s2)CCC3)c1. The van der Waals surface area contributed by atoms with E-state index in [1.165, 1.54) is 16.9 Å². The van der Waals surface area contributed by atoms with Crippen LogP contribution in [0.15, 0.2) is 30.3 Å². The normalized spacial score (nSPS) is 12.9. The van der Waals surface area contributed by atoms with Gasteiger partial charge in [-0.25, -0.2) is 0 Å². The number of carbonyl (C=O) groups is 2. The van der Waals surface area contributed by atoms with Gasteiger partial charge in [-0.15, -0.1) is 11.3 Å². The molecule has 2 aromatic rings. The highest BCUT2D eigenvalue weighted by atomic mass is 32.1. The van der Waals surface area contributed by atoms with Crippen LogP contribution >= 0.6 is 11.3 Å². The predicted molar refractivity (Wildman–Crippen MR) is 86.7 cm³/mol. The zero-order valence-corrected chi connectivity index (χ0v) is 12.9. The quantitative estimate of drug-likeness (QED) is 0.887. The van der Waals surface area contributed by atoms with Crippen molar-refractivity contribution in [2.24, 2.45) is 0 Å². The highest BCUT2D eigenvalue weighted by Gasteiger charge is 2.18. The van der Waals surface area contributed by atoms with E-state index in [0.717, 1.165) is 23.3 Å². The fourth-order valence-electron chi connectivity index (χ4n) is 2.69. The van der Waals surface area contributed by atoms with Crippen LogP contribution < -0.4 is 5.32 Å². The Morgan fingerprint density at radius 3 is 2.86 bits per heavy atom. The first-order valence-electron chi connectivity index (χ1n) is 7.35. The van der Waals surface area contributed by atoms with Crippen molar-refractivity contribution in [1.82, 2.24) is 0 Å². The van der Waals surface area contributed by atoms with E-state index in [2.05, 4.69) is 5.32 Å². The van der Waals surface area contributed by atoms with E-state index in [9.17, 15) is 9.59 Å². The second-order valence-electron chi connectivity index (χ2n) is 5.46. The number of thiophene rings is 1. The molecule has 0 saturated heterocycles. The van der Waals surface area contributed by atoms with Crippen molar-refractivity contribution >= 4 is 28.9 Å². The van der Waals surface area contributed by atoms with Crippen molar-refractivity contribution in [2.45, 2.75) is 32.1 Å². The first kappa shape index (κ1) is 14.8. The lowest BCUT2D eigenvalue weighted by Gasteiger charge is -2.06. The Labute approximate surface area is 132 Å². The number of aliphatic carboxylic acids is 1. The Hall–Kier alpha value is -2.14. The van der Waals surface area contributed by atoms with E-state index in [1.807, 2.05) is 30.3 Å². The summed E-state index contributed by atoms with van der Waals surface area (Å²) in [6.45, 7) is 0. The summed E-state index contributed by atoms with van der Waals surface area (Å²) < 4.78 is 0. The van der Waals surface area contributed by atoms with Gasteiger partial charge in [0.05, 0.1) is 4.88 Å². The van der Waals surface area contributed by atoms with Crippen molar-refractivity contribution in [1.29, 1.82) is 0 Å². The standard InChI is InChI=1S/C17H17NO3S/c19-16(20)8-7-11-3-1-5-13(9-11)18-17(21)15-10-12-4-2-6-14(12)22-15/h1,3,5,9-10H,2,4,6-8H2,(H,18,21)(H,19,20). The Balaban J connectivity index is 1.68. The maximum Gasteiger partial charge on any atom is 0.303 e. The Bertz CT molecular complexity index is 699. The molecule has 0 bridgehead atoms.